The molecule has 6 aromatic rings. The maximum Gasteiger partial charge on any atom is 0.289 e. The van der Waals surface area contributed by atoms with Gasteiger partial charge in [-0.05, 0) is 102 Å². The molecule has 47 heavy (non-hydrogen) atoms. The lowest BCUT2D eigenvalue weighted by Crippen LogP contribution is -2.43. The van der Waals surface area contributed by atoms with Gasteiger partial charge >= 0.3 is 0 Å². The molecule has 8 heteroatoms. The van der Waals surface area contributed by atoms with Crippen molar-refractivity contribution < 1.29 is 18.7 Å². The molecule has 8 rings (SSSR count). The number of rotatable bonds is 6. The van der Waals surface area contributed by atoms with E-state index in [9.17, 15) is 9.90 Å². The Labute approximate surface area is 283 Å². The van der Waals surface area contributed by atoms with Crippen molar-refractivity contribution >= 4 is 51.0 Å². The molecule has 238 valence electrons. The van der Waals surface area contributed by atoms with Crippen LogP contribution in [-0.4, -0.2) is 39.9 Å². The molecule has 4 heterocycles. The molecule has 2 aliphatic heterocycles. The molecule has 1 fully saturated rings. The third kappa shape index (κ3) is 6.07. The normalized spacial score (nSPS) is 17.7. The van der Waals surface area contributed by atoms with Gasteiger partial charge in [-0.3, -0.25) is 9.69 Å². The number of hydrogen-bond acceptors (Lipinski definition) is 5. The zero-order valence-electron chi connectivity index (χ0n) is 25.8. The maximum atomic E-state index is 13.3. The van der Waals surface area contributed by atoms with Gasteiger partial charge in [0.2, 0.25) is 0 Å². The SMILES string of the molecule is O=C(c1cc2cc(Cl)ccc2o1)N1CCc2cc(-c3cccc(CC4CCCCN4C(O)c4cc5cc(Cl)ccc5o4)c3)ccc2C1. The van der Waals surface area contributed by atoms with Gasteiger partial charge in [0.25, 0.3) is 5.91 Å². The second-order valence-corrected chi connectivity index (χ2v) is 13.6. The van der Waals surface area contributed by atoms with E-state index in [1.807, 2.05) is 29.2 Å². The predicted octanol–water partition coefficient (Wildman–Crippen LogP) is 9.44. The number of aliphatic hydroxyl groups excluding tert-OH is 1. The van der Waals surface area contributed by atoms with Gasteiger partial charge in [0.1, 0.15) is 16.9 Å². The van der Waals surface area contributed by atoms with Gasteiger partial charge in [-0.25, -0.2) is 0 Å². The number of halogens is 2. The average Bonchev–Trinajstić information content (AvgIpc) is 3.71. The monoisotopic (exact) mass is 664 g/mol. The van der Waals surface area contributed by atoms with Crippen molar-refractivity contribution in [2.75, 3.05) is 13.1 Å². The molecule has 2 aliphatic rings. The fourth-order valence-electron chi connectivity index (χ4n) is 7.22. The molecule has 0 radical (unpaired) electrons. The van der Waals surface area contributed by atoms with Crippen molar-refractivity contribution in [2.24, 2.45) is 0 Å². The lowest BCUT2D eigenvalue weighted by Gasteiger charge is -2.38. The molecule has 2 atom stereocenters. The summed E-state index contributed by atoms with van der Waals surface area (Å²) in [6.45, 7) is 1.99. The van der Waals surface area contributed by atoms with Crippen molar-refractivity contribution in [2.45, 2.75) is 50.9 Å². The van der Waals surface area contributed by atoms with Crippen LogP contribution in [0.5, 0.6) is 0 Å². The topological polar surface area (TPSA) is 70.1 Å². The van der Waals surface area contributed by atoms with Crippen LogP contribution in [0.15, 0.2) is 99.8 Å². The van der Waals surface area contributed by atoms with Crippen LogP contribution in [0.3, 0.4) is 0 Å². The number of aliphatic hydroxyl groups is 1. The highest BCUT2D eigenvalue weighted by Gasteiger charge is 2.31. The zero-order valence-corrected chi connectivity index (χ0v) is 27.3. The Balaban J connectivity index is 0.971. The Morgan fingerprint density at radius 1 is 0.809 bits per heavy atom. The maximum absolute atomic E-state index is 13.3. The largest absolute Gasteiger partial charge is 0.457 e. The third-order valence-corrected chi connectivity index (χ3v) is 10.1. The second-order valence-electron chi connectivity index (χ2n) is 12.7. The fraction of sp³-hybridized carbons (Fsp3) is 0.256. The number of carbonyl (C=O) groups excluding carboxylic acids is 1. The summed E-state index contributed by atoms with van der Waals surface area (Å²) >= 11 is 12.3. The average molecular weight is 666 g/mol. The molecule has 1 saturated heterocycles. The van der Waals surface area contributed by atoms with Gasteiger partial charge in [0.15, 0.2) is 12.0 Å². The minimum absolute atomic E-state index is 0.105. The number of furan rings is 2. The predicted molar refractivity (Wildman–Crippen MR) is 186 cm³/mol. The molecule has 0 spiro atoms. The summed E-state index contributed by atoms with van der Waals surface area (Å²) in [4.78, 5) is 17.4. The summed E-state index contributed by atoms with van der Waals surface area (Å²) in [6.07, 6.45) is 4.01. The Bertz CT molecular complexity index is 2120. The van der Waals surface area contributed by atoms with E-state index in [1.54, 1.807) is 24.3 Å². The Morgan fingerprint density at radius 3 is 2.40 bits per heavy atom. The van der Waals surface area contributed by atoms with Gasteiger partial charge in [-0.1, -0.05) is 72.1 Å². The Morgan fingerprint density at radius 2 is 1.57 bits per heavy atom. The summed E-state index contributed by atoms with van der Waals surface area (Å²) in [6, 6.07) is 30.1. The van der Waals surface area contributed by atoms with E-state index in [2.05, 4.69) is 47.4 Å². The van der Waals surface area contributed by atoms with Crippen molar-refractivity contribution in [3.63, 3.8) is 0 Å². The van der Waals surface area contributed by atoms with E-state index in [-0.39, 0.29) is 11.9 Å². The van der Waals surface area contributed by atoms with Crippen molar-refractivity contribution in [3.8, 4) is 11.1 Å². The molecule has 6 nitrogen and oxygen atoms in total. The highest BCUT2D eigenvalue weighted by atomic mass is 35.5. The summed E-state index contributed by atoms with van der Waals surface area (Å²) in [5.41, 5.74) is 7.38. The van der Waals surface area contributed by atoms with Crippen LogP contribution in [-0.2, 0) is 19.4 Å². The van der Waals surface area contributed by atoms with E-state index in [0.717, 1.165) is 60.6 Å². The lowest BCUT2D eigenvalue weighted by atomic mass is 9.91. The Hall–Kier alpha value is -4.07. The highest BCUT2D eigenvalue weighted by Crippen LogP contribution is 2.34. The summed E-state index contributed by atoms with van der Waals surface area (Å²) < 4.78 is 11.9. The molecule has 2 aromatic heterocycles. The van der Waals surface area contributed by atoms with Crippen LogP contribution in [0.1, 0.15) is 58.5 Å². The molecule has 0 saturated carbocycles. The van der Waals surface area contributed by atoms with E-state index in [0.29, 0.717) is 40.2 Å². The molecule has 1 amide bonds. The second kappa shape index (κ2) is 12.5. The first kappa shape index (κ1) is 30.3. The minimum atomic E-state index is -0.813. The fourth-order valence-corrected chi connectivity index (χ4v) is 7.58. The number of likely N-dealkylation sites (tertiary alicyclic amines) is 1. The van der Waals surface area contributed by atoms with Crippen LogP contribution in [0.25, 0.3) is 33.1 Å². The Kier molecular flexibility index (Phi) is 8.06. The van der Waals surface area contributed by atoms with Gasteiger partial charge < -0.3 is 18.8 Å². The molecule has 0 bridgehead atoms. The van der Waals surface area contributed by atoms with Crippen molar-refractivity contribution in [1.82, 2.24) is 9.80 Å². The van der Waals surface area contributed by atoms with Gasteiger partial charge in [0.05, 0.1) is 0 Å². The van der Waals surface area contributed by atoms with Crippen LogP contribution >= 0.6 is 23.2 Å². The minimum Gasteiger partial charge on any atom is -0.457 e. The number of hydrogen-bond donors (Lipinski definition) is 1. The van der Waals surface area contributed by atoms with Crippen LogP contribution in [0.4, 0.5) is 0 Å². The third-order valence-electron chi connectivity index (χ3n) is 9.67. The zero-order chi connectivity index (χ0) is 32.1. The van der Waals surface area contributed by atoms with Gasteiger partial charge in [0, 0.05) is 46.5 Å². The standard InChI is InChI=1S/C39H34Cl2N2O4/c40-31-9-11-34-29(19-31)21-36(46-34)38(44)42-15-13-27-18-26(7-8-28(27)23-42)25-5-3-4-24(16-25)17-33-6-1-2-14-43(33)39(45)37-22-30-20-32(41)10-12-35(30)47-37/h3-5,7-12,16,18-22,33,39,45H,1-2,6,13-15,17,23H2. The summed E-state index contributed by atoms with van der Waals surface area (Å²) in [5, 5.41) is 14.4. The van der Waals surface area contributed by atoms with E-state index >= 15 is 0 Å². The molecular formula is C39H34Cl2N2O4. The van der Waals surface area contributed by atoms with Crippen LogP contribution in [0, 0.1) is 0 Å². The molecular weight excluding hydrogens is 631 g/mol. The quantitative estimate of drug-likeness (QED) is 0.192. The number of fused-ring (bicyclic) bond motifs is 3. The van der Waals surface area contributed by atoms with E-state index in [1.165, 1.54) is 22.3 Å². The summed E-state index contributed by atoms with van der Waals surface area (Å²) in [5.74, 6) is 0.789. The van der Waals surface area contributed by atoms with Gasteiger partial charge in [-0.15, -0.1) is 0 Å². The first-order valence-electron chi connectivity index (χ1n) is 16.2. The number of carbonyl (C=O) groups is 1. The first-order valence-corrected chi connectivity index (χ1v) is 17.0. The number of amides is 1. The number of nitrogens with zero attached hydrogens (tertiary/aromatic N) is 2. The van der Waals surface area contributed by atoms with Crippen LogP contribution in [0.2, 0.25) is 10.0 Å². The lowest BCUT2D eigenvalue weighted by molar-refractivity contribution is -0.0544. The van der Waals surface area contributed by atoms with Crippen molar-refractivity contribution in [3.05, 3.63) is 129 Å². The van der Waals surface area contributed by atoms with Gasteiger partial charge in [-0.2, -0.15) is 0 Å². The summed E-state index contributed by atoms with van der Waals surface area (Å²) in [7, 11) is 0. The molecule has 2 unspecified atom stereocenters. The number of piperidine rings is 1. The first-order chi connectivity index (χ1) is 22.9. The highest BCUT2D eigenvalue weighted by molar-refractivity contribution is 6.31. The van der Waals surface area contributed by atoms with Crippen molar-refractivity contribution in [1.29, 1.82) is 0 Å². The molecule has 1 N–H and O–H groups in total. The van der Waals surface area contributed by atoms with E-state index < -0.39 is 6.23 Å². The smallest absolute Gasteiger partial charge is 0.289 e. The van der Waals surface area contributed by atoms with Crippen LogP contribution < -0.4 is 0 Å². The molecule has 4 aromatic carbocycles. The molecule has 0 aliphatic carbocycles. The number of benzene rings is 4. The van der Waals surface area contributed by atoms with E-state index in [4.69, 9.17) is 32.0 Å².